The van der Waals surface area contributed by atoms with E-state index in [9.17, 15) is 4.79 Å². The van der Waals surface area contributed by atoms with Gasteiger partial charge < -0.3 is 14.4 Å². The van der Waals surface area contributed by atoms with Gasteiger partial charge in [0.1, 0.15) is 12.4 Å². The summed E-state index contributed by atoms with van der Waals surface area (Å²) in [6, 6.07) is 3.29. The predicted molar refractivity (Wildman–Crippen MR) is 82.2 cm³/mol. The standard InChI is InChI=1S/C14H16Cl2N2O3/c1-2-4-21-5-3-13-17-11-6-9(15)10(16)7-12(11)18(13)8-14(19)20/h6-7H,2-5,8H2,1H3,(H,19,20). The molecule has 0 saturated carbocycles. The second kappa shape index (κ2) is 7.11. The molecular weight excluding hydrogens is 315 g/mol. The van der Waals surface area contributed by atoms with Gasteiger partial charge in [-0.2, -0.15) is 0 Å². The van der Waals surface area contributed by atoms with Crippen molar-refractivity contribution < 1.29 is 14.6 Å². The van der Waals surface area contributed by atoms with E-state index in [4.69, 9.17) is 33.0 Å². The van der Waals surface area contributed by atoms with Crippen molar-refractivity contribution in [1.29, 1.82) is 0 Å². The van der Waals surface area contributed by atoms with Gasteiger partial charge in [-0.15, -0.1) is 0 Å². The van der Waals surface area contributed by atoms with Gasteiger partial charge in [0.05, 0.1) is 27.7 Å². The van der Waals surface area contributed by atoms with E-state index in [2.05, 4.69) is 4.98 Å². The van der Waals surface area contributed by atoms with Gasteiger partial charge in [0.2, 0.25) is 0 Å². The second-order valence-corrected chi connectivity index (χ2v) is 5.44. The largest absolute Gasteiger partial charge is 0.480 e. The van der Waals surface area contributed by atoms with Crippen LogP contribution in [0.25, 0.3) is 11.0 Å². The number of imidazole rings is 1. The van der Waals surface area contributed by atoms with Crippen LogP contribution in [0.5, 0.6) is 0 Å². The number of fused-ring (bicyclic) bond motifs is 1. The number of rotatable bonds is 7. The quantitative estimate of drug-likeness (QED) is 0.790. The van der Waals surface area contributed by atoms with Gasteiger partial charge in [0.25, 0.3) is 0 Å². The van der Waals surface area contributed by atoms with Crippen LogP contribution >= 0.6 is 23.2 Å². The average molecular weight is 331 g/mol. The molecule has 5 nitrogen and oxygen atoms in total. The smallest absolute Gasteiger partial charge is 0.323 e. The van der Waals surface area contributed by atoms with E-state index in [0.29, 0.717) is 46.5 Å². The average Bonchev–Trinajstić information content (AvgIpc) is 2.73. The highest BCUT2D eigenvalue weighted by Gasteiger charge is 2.15. The van der Waals surface area contributed by atoms with Crippen LogP contribution in [-0.4, -0.2) is 33.8 Å². The number of hydrogen-bond donors (Lipinski definition) is 1. The summed E-state index contributed by atoms with van der Waals surface area (Å²) in [6.07, 6.45) is 1.48. The van der Waals surface area contributed by atoms with Crippen molar-refractivity contribution in [2.24, 2.45) is 0 Å². The molecule has 21 heavy (non-hydrogen) atoms. The van der Waals surface area contributed by atoms with Crippen molar-refractivity contribution in [2.75, 3.05) is 13.2 Å². The third-order valence-electron chi connectivity index (χ3n) is 2.98. The molecule has 0 atom stereocenters. The van der Waals surface area contributed by atoms with Crippen molar-refractivity contribution in [3.8, 4) is 0 Å². The SMILES string of the molecule is CCCOCCc1nc2cc(Cl)c(Cl)cc2n1CC(=O)O. The fraction of sp³-hybridized carbons (Fsp3) is 0.429. The molecule has 0 aliphatic carbocycles. The molecule has 2 rings (SSSR count). The molecule has 1 heterocycles. The van der Waals surface area contributed by atoms with Crippen LogP contribution in [0.2, 0.25) is 10.0 Å². The van der Waals surface area contributed by atoms with Gasteiger partial charge in [-0.05, 0) is 18.6 Å². The highest BCUT2D eigenvalue weighted by molar-refractivity contribution is 6.42. The number of carboxylic acid groups (broad SMARTS) is 1. The molecule has 1 N–H and O–H groups in total. The summed E-state index contributed by atoms with van der Waals surface area (Å²) in [7, 11) is 0. The number of carboxylic acids is 1. The lowest BCUT2D eigenvalue weighted by Gasteiger charge is -2.07. The summed E-state index contributed by atoms with van der Waals surface area (Å²) in [4.78, 5) is 15.5. The first-order valence-corrected chi connectivity index (χ1v) is 7.42. The fourth-order valence-electron chi connectivity index (χ4n) is 2.08. The zero-order valence-corrected chi connectivity index (χ0v) is 13.1. The number of aliphatic carboxylic acids is 1. The first-order chi connectivity index (χ1) is 10.0. The van der Waals surface area contributed by atoms with Crippen LogP contribution in [0.1, 0.15) is 19.2 Å². The zero-order chi connectivity index (χ0) is 15.4. The fourth-order valence-corrected chi connectivity index (χ4v) is 2.40. The van der Waals surface area contributed by atoms with Crippen LogP contribution in [0.4, 0.5) is 0 Å². The Morgan fingerprint density at radius 3 is 2.71 bits per heavy atom. The molecule has 0 radical (unpaired) electrons. The molecule has 0 aliphatic rings. The Hall–Kier alpha value is -1.30. The first kappa shape index (κ1) is 16.1. The molecule has 0 bridgehead atoms. The maximum Gasteiger partial charge on any atom is 0.323 e. The summed E-state index contributed by atoms with van der Waals surface area (Å²) < 4.78 is 7.07. The molecule has 0 unspecified atom stereocenters. The van der Waals surface area contributed by atoms with Gasteiger partial charge in [-0.25, -0.2) is 4.98 Å². The number of ether oxygens (including phenoxy) is 1. The van der Waals surface area contributed by atoms with Gasteiger partial charge >= 0.3 is 5.97 Å². The van der Waals surface area contributed by atoms with E-state index >= 15 is 0 Å². The van der Waals surface area contributed by atoms with Crippen molar-refractivity contribution in [3.05, 3.63) is 28.0 Å². The Bertz CT molecular complexity index is 655. The Kier molecular flexibility index (Phi) is 5.45. The minimum atomic E-state index is -0.934. The van der Waals surface area contributed by atoms with E-state index in [0.717, 1.165) is 6.42 Å². The number of carbonyl (C=O) groups is 1. The molecule has 0 spiro atoms. The molecule has 2 aromatic rings. The van der Waals surface area contributed by atoms with Gasteiger partial charge in [0.15, 0.2) is 0 Å². The molecule has 1 aromatic carbocycles. The van der Waals surface area contributed by atoms with Crippen LogP contribution < -0.4 is 0 Å². The number of hydrogen-bond acceptors (Lipinski definition) is 3. The number of halogens is 2. The topological polar surface area (TPSA) is 64.4 Å². The van der Waals surface area contributed by atoms with Gasteiger partial charge in [0, 0.05) is 13.0 Å². The highest BCUT2D eigenvalue weighted by Crippen LogP contribution is 2.28. The molecule has 0 amide bonds. The Morgan fingerprint density at radius 2 is 2.05 bits per heavy atom. The van der Waals surface area contributed by atoms with E-state index in [1.165, 1.54) is 0 Å². The van der Waals surface area contributed by atoms with Crippen molar-refractivity contribution in [1.82, 2.24) is 9.55 Å². The maximum atomic E-state index is 11.1. The maximum absolute atomic E-state index is 11.1. The summed E-state index contributed by atoms with van der Waals surface area (Å²) in [6.45, 7) is 3.04. The van der Waals surface area contributed by atoms with Crippen molar-refractivity contribution in [3.63, 3.8) is 0 Å². The second-order valence-electron chi connectivity index (χ2n) is 4.63. The number of aromatic nitrogens is 2. The molecule has 7 heteroatoms. The van der Waals surface area contributed by atoms with Crippen LogP contribution in [0.3, 0.4) is 0 Å². The summed E-state index contributed by atoms with van der Waals surface area (Å²) in [5.74, 6) is -0.280. The molecule has 0 fully saturated rings. The molecule has 0 saturated heterocycles. The normalized spacial score (nSPS) is 11.2. The van der Waals surface area contributed by atoms with E-state index in [1.54, 1.807) is 16.7 Å². The minimum Gasteiger partial charge on any atom is -0.480 e. The van der Waals surface area contributed by atoms with Crippen LogP contribution in [0, 0.1) is 0 Å². The Labute approximate surface area is 132 Å². The molecule has 0 aliphatic heterocycles. The van der Waals surface area contributed by atoms with Crippen LogP contribution in [0.15, 0.2) is 12.1 Å². The minimum absolute atomic E-state index is 0.169. The third kappa shape index (κ3) is 3.87. The first-order valence-electron chi connectivity index (χ1n) is 6.66. The van der Waals surface area contributed by atoms with E-state index < -0.39 is 5.97 Å². The predicted octanol–water partition coefficient (Wildman–Crippen LogP) is 3.40. The lowest BCUT2D eigenvalue weighted by molar-refractivity contribution is -0.137. The van der Waals surface area contributed by atoms with Crippen LogP contribution in [-0.2, 0) is 22.5 Å². The summed E-state index contributed by atoms with van der Waals surface area (Å²) >= 11 is 12.0. The highest BCUT2D eigenvalue weighted by atomic mass is 35.5. The molecule has 114 valence electrons. The number of nitrogens with zero attached hydrogens (tertiary/aromatic N) is 2. The van der Waals surface area contributed by atoms with E-state index in [1.807, 2.05) is 6.92 Å². The Balaban J connectivity index is 2.35. The zero-order valence-electron chi connectivity index (χ0n) is 11.6. The monoisotopic (exact) mass is 330 g/mol. The van der Waals surface area contributed by atoms with Gasteiger partial charge in [-0.3, -0.25) is 4.79 Å². The Morgan fingerprint density at radius 1 is 1.33 bits per heavy atom. The number of benzene rings is 1. The van der Waals surface area contributed by atoms with Crippen molar-refractivity contribution in [2.45, 2.75) is 26.3 Å². The van der Waals surface area contributed by atoms with Crippen molar-refractivity contribution >= 4 is 40.2 Å². The third-order valence-corrected chi connectivity index (χ3v) is 3.70. The lowest BCUT2D eigenvalue weighted by atomic mass is 10.3. The van der Waals surface area contributed by atoms with E-state index in [-0.39, 0.29) is 6.54 Å². The summed E-state index contributed by atoms with van der Waals surface area (Å²) in [5, 5.41) is 9.84. The van der Waals surface area contributed by atoms with Gasteiger partial charge in [-0.1, -0.05) is 30.1 Å². The summed E-state index contributed by atoms with van der Waals surface area (Å²) in [5.41, 5.74) is 1.30. The molecular formula is C14H16Cl2N2O3. The lowest BCUT2D eigenvalue weighted by Crippen LogP contribution is -2.13. The molecule has 1 aromatic heterocycles.